The van der Waals surface area contributed by atoms with E-state index in [4.69, 9.17) is 0 Å². The first-order valence-corrected chi connectivity index (χ1v) is 16.9. The van der Waals surface area contributed by atoms with Crippen LogP contribution in [0.3, 0.4) is 0 Å². The molecule has 0 atom stereocenters. The molecule has 5 heteroatoms. The van der Waals surface area contributed by atoms with Crippen molar-refractivity contribution in [2.24, 2.45) is 5.92 Å². The fraction of sp³-hybridized carbons (Fsp3) is 0.415. The Bertz CT molecular complexity index is 1750. The van der Waals surface area contributed by atoms with E-state index in [0.29, 0.717) is 40.9 Å². The van der Waals surface area contributed by atoms with Crippen LogP contribution in [0.1, 0.15) is 108 Å². The van der Waals surface area contributed by atoms with Crippen molar-refractivity contribution in [1.82, 2.24) is 0 Å². The van der Waals surface area contributed by atoms with Gasteiger partial charge in [-0.15, -0.1) is 12.6 Å². The van der Waals surface area contributed by atoms with Gasteiger partial charge >= 0.3 is 0 Å². The molecule has 0 bridgehead atoms. The Morgan fingerprint density at radius 1 is 0.630 bits per heavy atom. The Labute approximate surface area is 280 Å². The molecule has 0 amide bonds. The number of phenolic OH excluding ortho intramolecular Hbond substituents is 4. The minimum atomic E-state index is -0.0846. The Morgan fingerprint density at radius 3 is 1.63 bits per heavy atom. The third kappa shape index (κ3) is 6.49. The van der Waals surface area contributed by atoms with Crippen LogP contribution in [0.2, 0.25) is 0 Å². The highest BCUT2D eigenvalue weighted by Gasteiger charge is 2.40. The van der Waals surface area contributed by atoms with Gasteiger partial charge in [0.25, 0.3) is 0 Å². The summed E-state index contributed by atoms with van der Waals surface area (Å²) < 4.78 is 0. The van der Waals surface area contributed by atoms with E-state index in [1.165, 1.54) is 11.1 Å². The van der Waals surface area contributed by atoms with Gasteiger partial charge < -0.3 is 20.4 Å². The molecule has 0 aromatic heterocycles. The third-order valence-electron chi connectivity index (χ3n) is 11.0. The zero-order valence-electron chi connectivity index (χ0n) is 28.7. The largest absolute Gasteiger partial charge is 0.507 e. The lowest BCUT2D eigenvalue weighted by Crippen LogP contribution is -2.37. The molecule has 1 aliphatic carbocycles. The van der Waals surface area contributed by atoms with Crippen LogP contribution >= 0.6 is 12.6 Å². The normalized spacial score (nSPS) is 18.6. The minimum Gasteiger partial charge on any atom is -0.507 e. The van der Waals surface area contributed by atoms with Crippen molar-refractivity contribution < 1.29 is 20.4 Å². The maximum Gasteiger partial charge on any atom is 0.131 e. The first kappa shape index (κ1) is 33.8. The van der Waals surface area contributed by atoms with Gasteiger partial charge in [-0.25, -0.2) is 0 Å². The molecule has 5 rings (SSSR count). The molecular weight excluding hydrogens is 589 g/mol. The summed E-state index contributed by atoms with van der Waals surface area (Å²) in [6.45, 7) is 16.7. The summed E-state index contributed by atoms with van der Waals surface area (Å²) in [6, 6.07) is 16.6. The van der Waals surface area contributed by atoms with E-state index in [-0.39, 0.29) is 16.6 Å². The molecule has 4 aromatic carbocycles. The van der Waals surface area contributed by atoms with Gasteiger partial charge in [0.2, 0.25) is 0 Å². The SMILES string of the molecule is Cc1cc(Cc2cc(C3(C)CCC(C(C)(C)c4cc(C)c(O)c(Cc5cc(C)c(O)c(S)c5)c4)CC3)cc(C)c2O)cc(C)c1O. The number of phenols is 4. The summed E-state index contributed by atoms with van der Waals surface area (Å²) in [7, 11) is 0. The standard InChI is InChI=1S/C41H50O4S/c1-23-13-28(14-24(2)36(23)42)18-31-22-34(17-27(5)38(31)44)41(8)11-9-32(10-12-41)40(6,7)33-16-26(4)37(43)30(21-33)19-29-15-25(3)39(45)35(46)20-29/h13-17,20-22,32,42-46H,9-12,18-19H2,1-8H3. The summed E-state index contributed by atoms with van der Waals surface area (Å²) in [5, 5.41) is 42.5. The van der Waals surface area contributed by atoms with Gasteiger partial charge in [0.1, 0.15) is 23.0 Å². The van der Waals surface area contributed by atoms with E-state index in [1.807, 2.05) is 58.9 Å². The van der Waals surface area contributed by atoms with E-state index in [2.05, 4.69) is 57.7 Å². The van der Waals surface area contributed by atoms with Gasteiger partial charge in [-0.05, 0) is 144 Å². The van der Waals surface area contributed by atoms with Crippen molar-refractivity contribution in [1.29, 1.82) is 0 Å². The molecule has 4 aromatic rings. The number of rotatable bonds is 7. The molecule has 46 heavy (non-hydrogen) atoms. The first-order chi connectivity index (χ1) is 21.5. The van der Waals surface area contributed by atoms with E-state index in [0.717, 1.165) is 75.8 Å². The van der Waals surface area contributed by atoms with Crippen LogP contribution in [0, 0.1) is 40.5 Å². The number of hydrogen-bond acceptors (Lipinski definition) is 5. The summed E-state index contributed by atoms with van der Waals surface area (Å²) in [5.41, 5.74) is 10.7. The lowest BCUT2D eigenvalue weighted by Gasteiger charge is -2.44. The van der Waals surface area contributed by atoms with Crippen LogP contribution in [0.15, 0.2) is 53.4 Å². The van der Waals surface area contributed by atoms with Gasteiger partial charge in [0.15, 0.2) is 0 Å². The molecule has 244 valence electrons. The van der Waals surface area contributed by atoms with Crippen molar-refractivity contribution in [3.63, 3.8) is 0 Å². The molecule has 0 unspecified atom stereocenters. The van der Waals surface area contributed by atoms with Gasteiger partial charge in [-0.1, -0.05) is 63.2 Å². The van der Waals surface area contributed by atoms with Crippen molar-refractivity contribution in [3.8, 4) is 23.0 Å². The smallest absolute Gasteiger partial charge is 0.131 e. The van der Waals surface area contributed by atoms with Crippen LogP contribution in [-0.2, 0) is 23.7 Å². The fourth-order valence-corrected chi connectivity index (χ4v) is 8.06. The third-order valence-corrected chi connectivity index (χ3v) is 11.3. The highest BCUT2D eigenvalue weighted by molar-refractivity contribution is 7.80. The summed E-state index contributed by atoms with van der Waals surface area (Å²) in [4.78, 5) is 0.550. The molecule has 0 heterocycles. The number of hydrogen-bond donors (Lipinski definition) is 5. The average Bonchev–Trinajstić information content (AvgIpc) is 2.99. The van der Waals surface area contributed by atoms with Crippen LogP contribution in [0.4, 0.5) is 0 Å². The van der Waals surface area contributed by atoms with Crippen molar-refractivity contribution in [2.75, 3.05) is 0 Å². The maximum atomic E-state index is 11.0. The second-order valence-electron chi connectivity index (χ2n) is 14.9. The molecule has 4 nitrogen and oxygen atoms in total. The van der Waals surface area contributed by atoms with Crippen molar-refractivity contribution >= 4 is 12.6 Å². The van der Waals surface area contributed by atoms with Gasteiger partial charge in [0, 0.05) is 17.7 Å². The Hall–Kier alpha value is -3.57. The van der Waals surface area contributed by atoms with Crippen LogP contribution in [-0.4, -0.2) is 20.4 Å². The van der Waals surface area contributed by atoms with E-state index >= 15 is 0 Å². The molecule has 0 saturated heterocycles. The van der Waals surface area contributed by atoms with Crippen molar-refractivity contribution in [2.45, 2.75) is 110 Å². The molecule has 0 radical (unpaired) electrons. The maximum absolute atomic E-state index is 11.0. The second-order valence-corrected chi connectivity index (χ2v) is 15.4. The quantitative estimate of drug-likeness (QED) is 0.131. The predicted octanol–water partition coefficient (Wildman–Crippen LogP) is 9.95. The molecule has 1 aliphatic rings. The van der Waals surface area contributed by atoms with Gasteiger partial charge in [0.05, 0.1) is 0 Å². The lowest BCUT2D eigenvalue weighted by atomic mass is 9.60. The highest BCUT2D eigenvalue weighted by Crippen LogP contribution is 2.49. The molecule has 0 spiro atoms. The number of benzene rings is 4. The minimum absolute atomic E-state index is 0.0118. The fourth-order valence-electron chi connectivity index (χ4n) is 7.72. The molecule has 1 fully saturated rings. The van der Waals surface area contributed by atoms with Gasteiger partial charge in [-0.2, -0.15) is 0 Å². The highest BCUT2D eigenvalue weighted by atomic mass is 32.1. The van der Waals surface area contributed by atoms with Gasteiger partial charge in [-0.3, -0.25) is 0 Å². The zero-order valence-corrected chi connectivity index (χ0v) is 29.6. The monoisotopic (exact) mass is 638 g/mol. The number of aromatic hydroxyl groups is 4. The molecule has 1 saturated carbocycles. The summed E-state index contributed by atoms with van der Waals surface area (Å²) in [5.74, 6) is 1.71. The van der Waals surface area contributed by atoms with E-state index < -0.39 is 0 Å². The Kier molecular flexibility index (Phi) is 9.22. The topological polar surface area (TPSA) is 80.9 Å². The molecule has 0 aliphatic heterocycles. The van der Waals surface area contributed by atoms with E-state index in [1.54, 1.807) is 0 Å². The second kappa shape index (κ2) is 12.6. The van der Waals surface area contributed by atoms with Crippen LogP contribution < -0.4 is 0 Å². The lowest BCUT2D eigenvalue weighted by molar-refractivity contribution is 0.178. The van der Waals surface area contributed by atoms with E-state index in [9.17, 15) is 20.4 Å². The van der Waals surface area contributed by atoms with Crippen molar-refractivity contribution in [3.05, 3.63) is 110 Å². The zero-order chi connectivity index (χ0) is 33.7. The molecular formula is C41H50O4S. The summed E-state index contributed by atoms with van der Waals surface area (Å²) >= 11 is 4.44. The Morgan fingerprint density at radius 2 is 1.09 bits per heavy atom. The Balaban J connectivity index is 1.37. The van der Waals surface area contributed by atoms with Crippen LogP contribution in [0.25, 0.3) is 0 Å². The first-order valence-electron chi connectivity index (χ1n) is 16.5. The molecule has 4 N–H and O–H groups in total. The average molecular weight is 639 g/mol. The van der Waals surface area contributed by atoms with Crippen LogP contribution in [0.5, 0.6) is 23.0 Å². The number of thiol groups is 1. The number of aryl methyl sites for hydroxylation is 5. The predicted molar refractivity (Wildman–Crippen MR) is 191 cm³/mol. The summed E-state index contributed by atoms with van der Waals surface area (Å²) in [6.07, 6.45) is 5.48.